The first-order valence-corrected chi connectivity index (χ1v) is 3.90. The monoisotopic (exact) mass is 175 g/mol. The molecule has 0 saturated heterocycles. The zero-order valence-electron chi connectivity index (χ0n) is 6.97. The Morgan fingerprint density at radius 3 is 2.54 bits per heavy atom. The van der Waals surface area contributed by atoms with Gasteiger partial charge in [0.2, 0.25) is 0 Å². The fraction of sp³-hybridized carbons (Fsp3) is 0.200. The molecule has 0 fully saturated rings. The molecule has 1 aromatic carbocycles. The second-order valence-corrected chi connectivity index (χ2v) is 2.66. The smallest absolute Gasteiger partial charge is 0.312 e. The van der Waals surface area contributed by atoms with E-state index in [-0.39, 0.29) is 6.42 Å². The van der Waals surface area contributed by atoms with Crippen LogP contribution in [-0.4, -0.2) is 11.1 Å². The molecular weight excluding hydrogens is 166 g/mol. The summed E-state index contributed by atoms with van der Waals surface area (Å²) in [6.45, 7) is 0. The highest BCUT2D eigenvalue weighted by atomic mass is 16.4. The Bertz CT molecular complexity index is 327. The summed E-state index contributed by atoms with van der Waals surface area (Å²) in [7, 11) is 0. The molecule has 0 aliphatic heterocycles. The van der Waals surface area contributed by atoms with Crippen LogP contribution in [0.4, 0.5) is 0 Å². The molecule has 0 aromatic heterocycles. The highest BCUT2D eigenvalue weighted by molar-refractivity contribution is 5.76. The number of carbonyl (C=O) groups is 1. The largest absolute Gasteiger partial charge is 0.481 e. The molecule has 3 nitrogen and oxygen atoms in total. The Kier molecular flexibility index (Phi) is 3.04. The highest BCUT2D eigenvalue weighted by Gasteiger charge is 2.18. The molecule has 1 atom stereocenters. The number of hydrogen-bond acceptors (Lipinski definition) is 2. The topological polar surface area (TPSA) is 61.1 Å². The number of aliphatic carboxylic acids is 1. The van der Waals surface area contributed by atoms with Gasteiger partial charge in [0.25, 0.3) is 0 Å². The van der Waals surface area contributed by atoms with Crippen molar-refractivity contribution >= 4 is 5.97 Å². The third-order valence-electron chi connectivity index (χ3n) is 1.80. The van der Waals surface area contributed by atoms with E-state index < -0.39 is 11.9 Å². The lowest BCUT2D eigenvalue weighted by molar-refractivity contribution is -0.138. The zero-order chi connectivity index (χ0) is 9.68. The molecule has 0 heterocycles. The molecule has 0 saturated carbocycles. The maximum Gasteiger partial charge on any atom is 0.312 e. The summed E-state index contributed by atoms with van der Waals surface area (Å²) in [5.41, 5.74) is 0.677. The molecule has 1 aromatic rings. The van der Waals surface area contributed by atoms with E-state index in [4.69, 9.17) is 10.4 Å². The van der Waals surface area contributed by atoms with Crippen LogP contribution >= 0.6 is 0 Å². The van der Waals surface area contributed by atoms with E-state index in [1.54, 1.807) is 24.3 Å². The summed E-state index contributed by atoms with van der Waals surface area (Å²) in [4.78, 5) is 10.7. The van der Waals surface area contributed by atoms with Crippen molar-refractivity contribution in [2.24, 2.45) is 0 Å². The fourth-order valence-electron chi connectivity index (χ4n) is 1.12. The second kappa shape index (κ2) is 4.27. The van der Waals surface area contributed by atoms with E-state index in [0.29, 0.717) is 5.56 Å². The van der Waals surface area contributed by atoms with Crippen LogP contribution < -0.4 is 0 Å². The Labute approximate surface area is 76.2 Å². The van der Waals surface area contributed by atoms with Crippen LogP contribution in [0.1, 0.15) is 17.9 Å². The predicted molar refractivity (Wildman–Crippen MR) is 47.0 cm³/mol. The van der Waals surface area contributed by atoms with Crippen molar-refractivity contribution in [3.63, 3.8) is 0 Å². The van der Waals surface area contributed by atoms with E-state index in [1.807, 2.05) is 12.1 Å². The molecule has 0 radical (unpaired) electrons. The van der Waals surface area contributed by atoms with Crippen molar-refractivity contribution < 1.29 is 9.90 Å². The van der Waals surface area contributed by atoms with Gasteiger partial charge in [0.15, 0.2) is 0 Å². The summed E-state index contributed by atoms with van der Waals surface area (Å²) >= 11 is 0. The van der Waals surface area contributed by atoms with Crippen LogP contribution in [0.25, 0.3) is 0 Å². The van der Waals surface area contributed by atoms with Crippen LogP contribution in [0, 0.1) is 11.3 Å². The van der Waals surface area contributed by atoms with Crippen molar-refractivity contribution in [1.29, 1.82) is 5.26 Å². The Morgan fingerprint density at radius 2 is 2.08 bits per heavy atom. The zero-order valence-corrected chi connectivity index (χ0v) is 6.97. The maximum atomic E-state index is 10.7. The number of benzene rings is 1. The van der Waals surface area contributed by atoms with Crippen LogP contribution in [0.2, 0.25) is 0 Å². The first-order valence-electron chi connectivity index (χ1n) is 3.90. The summed E-state index contributed by atoms with van der Waals surface area (Å²) in [5, 5.41) is 17.2. The van der Waals surface area contributed by atoms with Crippen LogP contribution in [0.3, 0.4) is 0 Å². The van der Waals surface area contributed by atoms with Gasteiger partial charge in [-0.1, -0.05) is 30.3 Å². The van der Waals surface area contributed by atoms with Gasteiger partial charge >= 0.3 is 5.97 Å². The Hall–Kier alpha value is -1.82. The summed E-state index contributed by atoms with van der Waals surface area (Å²) < 4.78 is 0. The van der Waals surface area contributed by atoms with Crippen LogP contribution in [-0.2, 0) is 4.79 Å². The van der Waals surface area contributed by atoms with E-state index in [1.165, 1.54) is 0 Å². The summed E-state index contributed by atoms with van der Waals surface area (Å²) in [5.74, 6) is -1.65. The lowest BCUT2D eigenvalue weighted by atomic mass is 9.97. The van der Waals surface area contributed by atoms with Crippen LogP contribution in [0.15, 0.2) is 30.3 Å². The van der Waals surface area contributed by atoms with Gasteiger partial charge in [0.05, 0.1) is 18.4 Å². The van der Waals surface area contributed by atoms with Gasteiger partial charge in [0, 0.05) is 0 Å². The van der Waals surface area contributed by atoms with Gasteiger partial charge in [-0.2, -0.15) is 5.26 Å². The number of nitriles is 1. The molecule has 66 valence electrons. The first-order chi connectivity index (χ1) is 6.25. The van der Waals surface area contributed by atoms with E-state index >= 15 is 0 Å². The van der Waals surface area contributed by atoms with E-state index in [2.05, 4.69) is 0 Å². The van der Waals surface area contributed by atoms with E-state index in [0.717, 1.165) is 0 Å². The van der Waals surface area contributed by atoms with Crippen molar-refractivity contribution in [2.75, 3.05) is 0 Å². The molecule has 0 spiro atoms. The van der Waals surface area contributed by atoms with Gasteiger partial charge in [-0.25, -0.2) is 0 Å². The molecule has 1 N–H and O–H groups in total. The molecule has 0 bridgehead atoms. The van der Waals surface area contributed by atoms with Crippen molar-refractivity contribution in [2.45, 2.75) is 12.3 Å². The Morgan fingerprint density at radius 1 is 1.46 bits per heavy atom. The van der Waals surface area contributed by atoms with Crippen molar-refractivity contribution in [3.8, 4) is 6.07 Å². The first kappa shape index (κ1) is 9.27. The molecule has 0 amide bonds. The third kappa shape index (κ3) is 2.31. The SMILES string of the molecule is N#CC[C@@H](C(=O)O)c1ccccc1. The molecule has 0 aliphatic rings. The van der Waals surface area contributed by atoms with Crippen molar-refractivity contribution in [3.05, 3.63) is 35.9 Å². The normalized spacial score (nSPS) is 11.6. The number of rotatable bonds is 3. The minimum Gasteiger partial charge on any atom is -0.481 e. The quantitative estimate of drug-likeness (QED) is 0.761. The standard InChI is InChI=1S/C10H9NO2/c11-7-6-9(10(12)13)8-4-2-1-3-5-8/h1-5,9H,6H2,(H,12,13)/t9-/m1/s1. The molecule has 0 aliphatic carbocycles. The van der Waals surface area contributed by atoms with E-state index in [9.17, 15) is 4.79 Å². The second-order valence-electron chi connectivity index (χ2n) is 2.66. The molecule has 1 rings (SSSR count). The van der Waals surface area contributed by atoms with Gasteiger partial charge in [0.1, 0.15) is 0 Å². The lowest BCUT2D eigenvalue weighted by Gasteiger charge is -2.07. The van der Waals surface area contributed by atoms with Gasteiger partial charge in [-0.15, -0.1) is 0 Å². The average molecular weight is 175 g/mol. The minimum atomic E-state index is -0.951. The Balaban J connectivity index is 2.90. The van der Waals surface area contributed by atoms with Gasteiger partial charge in [-0.05, 0) is 5.56 Å². The number of carboxylic acid groups (broad SMARTS) is 1. The molecule has 0 unspecified atom stereocenters. The number of hydrogen-bond donors (Lipinski definition) is 1. The van der Waals surface area contributed by atoms with Crippen molar-refractivity contribution in [1.82, 2.24) is 0 Å². The highest BCUT2D eigenvalue weighted by Crippen LogP contribution is 2.18. The summed E-state index contributed by atoms with van der Waals surface area (Å²) in [6, 6.07) is 10.7. The van der Waals surface area contributed by atoms with Crippen LogP contribution in [0.5, 0.6) is 0 Å². The summed E-state index contributed by atoms with van der Waals surface area (Å²) in [6.07, 6.45) is 0.0132. The predicted octanol–water partition coefficient (Wildman–Crippen LogP) is 1.77. The maximum absolute atomic E-state index is 10.7. The molecule has 3 heteroatoms. The minimum absolute atomic E-state index is 0.0132. The molecule has 13 heavy (non-hydrogen) atoms. The third-order valence-corrected chi connectivity index (χ3v) is 1.80. The fourth-order valence-corrected chi connectivity index (χ4v) is 1.12. The van der Waals surface area contributed by atoms with Gasteiger partial charge < -0.3 is 5.11 Å². The number of carboxylic acids is 1. The average Bonchev–Trinajstić information content (AvgIpc) is 2.15. The van der Waals surface area contributed by atoms with Gasteiger partial charge in [-0.3, -0.25) is 4.79 Å². The molecular formula is C10H9NO2. The lowest BCUT2D eigenvalue weighted by Crippen LogP contribution is -2.10. The number of nitrogens with zero attached hydrogens (tertiary/aromatic N) is 1.